The number of benzene rings is 3. The molecule has 142 valence electrons. The second kappa shape index (κ2) is 7.89. The van der Waals surface area contributed by atoms with Crippen LogP contribution in [-0.4, -0.2) is 17.4 Å². The molecule has 1 unspecified atom stereocenters. The van der Waals surface area contributed by atoms with Crippen molar-refractivity contribution in [2.24, 2.45) is 0 Å². The molecule has 3 heteroatoms. The van der Waals surface area contributed by atoms with Gasteiger partial charge in [-0.2, -0.15) is 0 Å². The highest BCUT2D eigenvalue weighted by atomic mass is 16.5. The number of carbonyl (C=O) groups excluding carboxylic acids is 1. The number of hydrogen-bond donors (Lipinski definition) is 0. The summed E-state index contributed by atoms with van der Waals surface area (Å²) >= 11 is 0. The lowest BCUT2D eigenvalue weighted by molar-refractivity contribution is 0.0724. The lowest BCUT2D eigenvalue weighted by atomic mass is 9.97. The van der Waals surface area contributed by atoms with Gasteiger partial charge in [0.25, 0.3) is 5.91 Å². The summed E-state index contributed by atoms with van der Waals surface area (Å²) in [6.45, 7) is 5.48. The predicted octanol–water partition coefficient (Wildman–Crippen LogP) is 5.33. The molecule has 0 spiro atoms. The average Bonchev–Trinajstić information content (AvgIpc) is 2.71. The van der Waals surface area contributed by atoms with E-state index < -0.39 is 0 Å². The minimum atomic E-state index is -0.0619. The number of amides is 1. The molecule has 0 N–H and O–H groups in total. The number of ether oxygens (including phenoxy) is 1. The maximum atomic E-state index is 13.1. The van der Waals surface area contributed by atoms with Gasteiger partial charge in [-0.05, 0) is 43.5 Å². The summed E-state index contributed by atoms with van der Waals surface area (Å²) in [7, 11) is 0. The molecule has 1 aliphatic heterocycles. The van der Waals surface area contributed by atoms with Gasteiger partial charge in [0, 0.05) is 24.2 Å². The number of carbonyl (C=O) groups is 1. The highest BCUT2D eigenvalue weighted by Crippen LogP contribution is 2.31. The molecular formula is C25H25NO2. The van der Waals surface area contributed by atoms with Gasteiger partial charge in [-0.25, -0.2) is 0 Å². The standard InChI is InChI=1S/C25H25NO2/c1-18-8-6-9-20(16-18)17-26-15-14-22-23(25(26)27)12-7-13-24(22)28-19(2)21-10-4-3-5-11-21/h3-13,16,19H,14-15,17H2,1-2H3. The SMILES string of the molecule is Cc1cccc(CN2CCc3c(OC(C)c4ccccc4)cccc3C2=O)c1. The lowest BCUT2D eigenvalue weighted by Gasteiger charge is -2.30. The van der Waals surface area contributed by atoms with Crippen LogP contribution in [-0.2, 0) is 13.0 Å². The zero-order chi connectivity index (χ0) is 19.5. The van der Waals surface area contributed by atoms with Crippen LogP contribution in [0.15, 0.2) is 72.8 Å². The number of rotatable bonds is 5. The van der Waals surface area contributed by atoms with Gasteiger partial charge in [0.05, 0.1) is 0 Å². The van der Waals surface area contributed by atoms with E-state index in [-0.39, 0.29) is 12.0 Å². The predicted molar refractivity (Wildman–Crippen MR) is 112 cm³/mol. The number of nitrogens with zero attached hydrogens (tertiary/aromatic N) is 1. The fourth-order valence-electron chi connectivity index (χ4n) is 3.82. The molecule has 0 saturated carbocycles. The maximum Gasteiger partial charge on any atom is 0.254 e. The topological polar surface area (TPSA) is 29.5 Å². The number of aryl methyl sites for hydroxylation is 1. The van der Waals surface area contributed by atoms with E-state index in [0.29, 0.717) is 13.1 Å². The van der Waals surface area contributed by atoms with Crippen LogP contribution in [0.2, 0.25) is 0 Å². The third-order valence-electron chi connectivity index (χ3n) is 5.31. The van der Waals surface area contributed by atoms with E-state index in [1.165, 1.54) is 11.1 Å². The van der Waals surface area contributed by atoms with Gasteiger partial charge in [-0.1, -0.05) is 66.2 Å². The molecule has 1 heterocycles. The molecule has 0 saturated heterocycles. The summed E-state index contributed by atoms with van der Waals surface area (Å²) in [5.74, 6) is 0.901. The van der Waals surface area contributed by atoms with Crippen molar-refractivity contribution in [2.45, 2.75) is 32.9 Å². The van der Waals surface area contributed by atoms with Crippen LogP contribution in [0.5, 0.6) is 5.75 Å². The van der Waals surface area contributed by atoms with Gasteiger partial charge in [0.15, 0.2) is 0 Å². The summed E-state index contributed by atoms with van der Waals surface area (Å²) in [6, 6.07) is 24.3. The second-order valence-corrected chi connectivity index (χ2v) is 7.42. The van der Waals surface area contributed by atoms with E-state index in [1.807, 2.05) is 54.3 Å². The van der Waals surface area contributed by atoms with Crippen molar-refractivity contribution in [3.8, 4) is 5.75 Å². The van der Waals surface area contributed by atoms with Crippen molar-refractivity contribution in [3.63, 3.8) is 0 Å². The maximum absolute atomic E-state index is 13.1. The van der Waals surface area contributed by atoms with Crippen LogP contribution in [0.3, 0.4) is 0 Å². The molecular weight excluding hydrogens is 346 g/mol. The van der Waals surface area contributed by atoms with Crippen LogP contribution in [0.25, 0.3) is 0 Å². The molecule has 3 aromatic rings. The van der Waals surface area contributed by atoms with E-state index >= 15 is 0 Å². The van der Waals surface area contributed by atoms with Crippen LogP contribution >= 0.6 is 0 Å². The first-order chi connectivity index (χ1) is 13.6. The number of fused-ring (bicyclic) bond motifs is 1. The first-order valence-corrected chi connectivity index (χ1v) is 9.80. The van der Waals surface area contributed by atoms with Gasteiger partial charge in [0.2, 0.25) is 0 Å². The Bertz CT molecular complexity index is 981. The third-order valence-corrected chi connectivity index (χ3v) is 5.31. The molecule has 3 nitrogen and oxygen atoms in total. The molecule has 28 heavy (non-hydrogen) atoms. The minimum Gasteiger partial charge on any atom is -0.486 e. The quantitative estimate of drug-likeness (QED) is 0.606. The Morgan fingerprint density at radius 2 is 1.79 bits per heavy atom. The molecule has 1 atom stereocenters. The van der Waals surface area contributed by atoms with Gasteiger partial charge in [-0.15, -0.1) is 0 Å². The first kappa shape index (κ1) is 18.3. The van der Waals surface area contributed by atoms with Gasteiger partial charge in [0.1, 0.15) is 11.9 Å². The van der Waals surface area contributed by atoms with Crippen LogP contribution in [0, 0.1) is 6.92 Å². The van der Waals surface area contributed by atoms with E-state index in [2.05, 4.69) is 37.3 Å². The highest BCUT2D eigenvalue weighted by Gasteiger charge is 2.27. The summed E-state index contributed by atoms with van der Waals surface area (Å²) in [6.07, 6.45) is 0.748. The Balaban J connectivity index is 1.54. The van der Waals surface area contributed by atoms with E-state index in [1.54, 1.807) is 0 Å². The Hall–Kier alpha value is -3.07. The molecule has 1 aliphatic rings. The largest absolute Gasteiger partial charge is 0.486 e. The Labute approximate surface area is 166 Å². The summed E-state index contributed by atoms with van der Waals surface area (Å²) in [5.41, 5.74) is 5.30. The Morgan fingerprint density at radius 1 is 1.00 bits per heavy atom. The fraction of sp³-hybridized carbons (Fsp3) is 0.240. The van der Waals surface area contributed by atoms with Crippen molar-refractivity contribution < 1.29 is 9.53 Å². The molecule has 4 rings (SSSR count). The van der Waals surface area contributed by atoms with Crippen LogP contribution in [0.4, 0.5) is 0 Å². The smallest absolute Gasteiger partial charge is 0.254 e. The molecule has 0 radical (unpaired) electrons. The van der Waals surface area contributed by atoms with Crippen molar-refractivity contribution in [1.82, 2.24) is 4.90 Å². The fourth-order valence-corrected chi connectivity index (χ4v) is 3.82. The molecule has 3 aromatic carbocycles. The van der Waals surface area contributed by atoms with Gasteiger partial charge in [-0.3, -0.25) is 4.79 Å². The van der Waals surface area contributed by atoms with Crippen molar-refractivity contribution in [1.29, 1.82) is 0 Å². The van der Waals surface area contributed by atoms with E-state index in [9.17, 15) is 4.79 Å². The average molecular weight is 371 g/mol. The zero-order valence-electron chi connectivity index (χ0n) is 16.4. The first-order valence-electron chi connectivity index (χ1n) is 9.80. The number of hydrogen-bond acceptors (Lipinski definition) is 2. The van der Waals surface area contributed by atoms with E-state index in [0.717, 1.165) is 28.9 Å². The third kappa shape index (κ3) is 3.79. The Kier molecular flexibility index (Phi) is 5.16. The Morgan fingerprint density at radius 3 is 2.57 bits per heavy atom. The molecule has 0 aromatic heterocycles. The zero-order valence-corrected chi connectivity index (χ0v) is 16.4. The van der Waals surface area contributed by atoms with E-state index in [4.69, 9.17) is 4.74 Å². The lowest BCUT2D eigenvalue weighted by Crippen LogP contribution is -2.37. The summed E-state index contributed by atoms with van der Waals surface area (Å²) in [5, 5.41) is 0. The van der Waals surface area contributed by atoms with Crippen molar-refractivity contribution in [3.05, 3.63) is 101 Å². The second-order valence-electron chi connectivity index (χ2n) is 7.42. The van der Waals surface area contributed by atoms with Crippen LogP contribution in [0.1, 0.15) is 45.6 Å². The van der Waals surface area contributed by atoms with Crippen molar-refractivity contribution in [2.75, 3.05) is 6.54 Å². The normalized spacial score (nSPS) is 14.5. The minimum absolute atomic E-state index is 0.0619. The molecule has 1 amide bonds. The van der Waals surface area contributed by atoms with Gasteiger partial charge >= 0.3 is 0 Å². The van der Waals surface area contributed by atoms with Crippen LogP contribution < -0.4 is 4.74 Å². The van der Waals surface area contributed by atoms with Gasteiger partial charge < -0.3 is 9.64 Å². The summed E-state index contributed by atoms with van der Waals surface area (Å²) < 4.78 is 6.25. The molecule has 0 bridgehead atoms. The summed E-state index contributed by atoms with van der Waals surface area (Å²) in [4.78, 5) is 15.0. The molecule has 0 fully saturated rings. The molecule has 0 aliphatic carbocycles. The van der Waals surface area contributed by atoms with Crippen molar-refractivity contribution >= 4 is 5.91 Å². The highest BCUT2D eigenvalue weighted by molar-refractivity contribution is 5.97. The monoisotopic (exact) mass is 371 g/mol.